The molecule has 2 atom stereocenters. The highest BCUT2D eigenvalue weighted by Gasteiger charge is 2.41. The second kappa shape index (κ2) is 8.16. The largest absolute Gasteiger partial charge is 0.461 e. The summed E-state index contributed by atoms with van der Waals surface area (Å²) in [6.07, 6.45) is 2.47. The predicted octanol–water partition coefficient (Wildman–Crippen LogP) is 6.40. The summed E-state index contributed by atoms with van der Waals surface area (Å²) in [4.78, 5) is 12.4. The maximum atomic E-state index is 12.4. The summed E-state index contributed by atoms with van der Waals surface area (Å²) >= 11 is 11.8. The van der Waals surface area contributed by atoms with Gasteiger partial charge in [-0.25, -0.2) is 0 Å². The first kappa shape index (κ1) is 19.3. The van der Waals surface area contributed by atoms with Crippen LogP contribution in [0.3, 0.4) is 0 Å². The lowest BCUT2D eigenvalue weighted by Crippen LogP contribution is -2.13. The van der Waals surface area contributed by atoms with Crippen molar-refractivity contribution in [1.82, 2.24) is 0 Å². The van der Waals surface area contributed by atoms with Crippen LogP contribution < -0.4 is 5.32 Å². The number of rotatable bonds is 5. The molecule has 4 rings (SSSR count). The molecule has 1 aliphatic rings. The van der Waals surface area contributed by atoms with Crippen LogP contribution in [0, 0.1) is 11.3 Å². The summed E-state index contributed by atoms with van der Waals surface area (Å²) in [6.45, 7) is 0. The van der Waals surface area contributed by atoms with Crippen LogP contribution in [0.2, 0.25) is 10.0 Å². The zero-order valence-corrected chi connectivity index (χ0v) is 16.7. The maximum Gasteiger partial charge on any atom is 0.266 e. The summed E-state index contributed by atoms with van der Waals surface area (Å²) in [5.74, 6) is 1.58. The van der Waals surface area contributed by atoms with Crippen molar-refractivity contribution in [2.45, 2.75) is 18.3 Å². The number of anilines is 1. The van der Waals surface area contributed by atoms with Crippen molar-refractivity contribution in [3.63, 3.8) is 0 Å². The lowest BCUT2D eigenvalue weighted by Gasteiger charge is -2.05. The maximum absolute atomic E-state index is 12.4. The van der Waals surface area contributed by atoms with Crippen LogP contribution >= 0.6 is 23.2 Å². The molecule has 29 heavy (non-hydrogen) atoms. The number of benzene rings is 2. The van der Waals surface area contributed by atoms with Crippen molar-refractivity contribution in [1.29, 1.82) is 5.26 Å². The average Bonchev–Trinajstić information content (AvgIpc) is 3.40. The average molecular weight is 423 g/mol. The van der Waals surface area contributed by atoms with Gasteiger partial charge in [-0.2, -0.15) is 5.26 Å². The van der Waals surface area contributed by atoms with E-state index in [0.29, 0.717) is 33.3 Å². The van der Waals surface area contributed by atoms with E-state index in [4.69, 9.17) is 27.6 Å². The Balaban J connectivity index is 1.46. The van der Waals surface area contributed by atoms with Gasteiger partial charge in [0.15, 0.2) is 0 Å². The third-order valence-electron chi connectivity index (χ3n) is 4.86. The molecule has 1 amide bonds. The number of amides is 1. The van der Waals surface area contributed by atoms with Gasteiger partial charge in [0, 0.05) is 17.7 Å². The first-order valence-corrected chi connectivity index (χ1v) is 9.83. The zero-order chi connectivity index (χ0) is 20.4. The number of hydrogen-bond acceptors (Lipinski definition) is 3. The Hall–Kier alpha value is -3.00. The van der Waals surface area contributed by atoms with E-state index in [-0.39, 0.29) is 5.57 Å². The van der Waals surface area contributed by atoms with Gasteiger partial charge in [0.2, 0.25) is 0 Å². The Bertz CT molecular complexity index is 1130. The van der Waals surface area contributed by atoms with Crippen molar-refractivity contribution in [3.05, 3.63) is 93.4 Å². The van der Waals surface area contributed by atoms with E-state index in [1.165, 1.54) is 17.7 Å². The fraction of sp³-hybridized carbons (Fsp3) is 0.130. The van der Waals surface area contributed by atoms with E-state index < -0.39 is 5.91 Å². The Kier molecular flexibility index (Phi) is 5.44. The summed E-state index contributed by atoms with van der Waals surface area (Å²) in [6, 6.07) is 20.6. The van der Waals surface area contributed by atoms with Gasteiger partial charge in [-0.05, 0) is 48.2 Å². The van der Waals surface area contributed by atoms with Crippen LogP contribution in [0.4, 0.5) is 5.69 Å². The normalized spacial score (nSPS) is 18.2. The van der Waals surface area contributed by atoms with Gasteiger partial charge in [-0.1, -0.05) is 53.5 Å². The summed E-state index contributed by atoms with van der Waals surface area (Å²) < 4.78 is 5.88. The van der Waals surface area contributed by atoms with Gasteiger partial charge < -0.3 is 9.73 Å². The molecule has 0 spiro atoms. The Morgan fingerprint density at radius 3 is 2.59 bits per heavy atom. The van der Waals surface area contributed by atoms with Crippen LogP contribution in [0.5, 0.6) is 0 Å². The van der Waals surface area contributed by atoms with Crippen LogP contribution in [0.25, 0.3) is 6.08 Å². The third-order valence-corrected chi connectivity index (χ3v) is 5.60. The minimum Gasteiger partial charge on any atom is -0.461 e. The molecule has 1 heterocycles. The first-order chi connectivity index (χ1) is 14.0. The van der Waals surface area contributed by atoms with E-state index >= 15 is 0 Å². The van der Waals surface area contributed by atoms with E-state index in [9.17, 15) is 10.1 Å². The molecule has 1 N–H and O–H groups in total. The topological polar surface area (TPSA) is 66.0 Å². The predicted molar refractivity (Wildman–Crippen MR) is 114 cm³/mol. The monoisotopic (exact) mass is 422 g/mol. The lowest BCUT2D eigenvalue weighted by atomic mass is 10.1. The SMILES string of the molecule is N#C/C(=C\c1ccc([C@H]2C[C@@H]2c2ccccc2)o1)C(=O)Nc1ccc(Cl)c(Cl)c1. The summed E-state index contributed by atoms with van der Waals surface area (Å²) in [5, 5.41) is 12.7. The minimum atomic E-state index is -0.544. The van der Waals surface area contributed by atoms with Gasteiger partial charge in [0.05, 0.1) is 10.0 Å². The molecule has 0 bridgehead atoms. The van der Waals surface area contributed by atoms with Crippen LogP contribution in [-0.4, -0.2) is 5.91 Å². The molecule has 4 nitrogen and oxygen atoms in total. The fourth-order valence-corrected chi connectivity index (χ4v) is 3.58. The standard InChI is InChI=1S/C23H16Cl2N2O2/c24-20-8-6-16(11-21(20)25)27-23(28)15(13-26)10-17-7-9-22(29-17)19-12-18(19)14-4-2-1-3-5-14/h1-11,18-19H,12H2,(H,27,28)/b15-10+/t18-,19+/m1/s1. The Labute approximate surface area is 178 Å². The van der Waals surface area contributed by atoms with Crippen molar-refractivity contribution in [2.75, 3.05) is 5.32 Å². The van der Waals surface area contributed by atoms with E-state index in [2.05, 4.69) is 17.4 Å². The van der Waals surface area contributed by atoms with Gasteiger partial charge >= 0.3 is 0 Å². The Morgan fingerprint density at radius 2 is 1.86 bits per heavy atom. The molecule has 3 aromatic rings. The quantitative estimate of drug-likeness (QED) is 0.381. The molecule has 0 unspecified atom stereocenters. The number of hydrogen-bond donors (Lipinski definition) is 1. The minimum absolute atomic E-state index is 0.0626. The van der Waals surface area contributed by atoms with E-state index in [1.807, 2.05) is 30.3 Å². The molecule has 2 aromatic carbocycles. The highest BCUT2D eigenvalue weighted by atomic mass is 35.5. The smallest absolute Gasteiger partial charge is 0.266 e. The van der Waals surface area contributed by atoms with Crippen molar-refractivity contribution in [3.8, 4) is 6.07 Å². The lowest BCUT2D eigenvalue weighted by molar-refractivity contribution is -0.112. The van der Waals surface area contributed by atoms with Gasteiger partial charge in [0.25, 0.3) is 5.91 Å². The molecular weight excluding hydrogens is 407 g/mol. The second-order valence-corrected chi connectivity index (χ2v) is 7.67. The second-order valence-electron chi connectivity index (χ2n) is 6.85. The van der Waals surface area contributed by atoms with Gasteiger partial charge in [-0.3, -0.25) is 4.79 Å². The van der Waals surface area contributed by atoms with Gasteiger partial charge in [0.1, 0.15) is 23.2 Å². The molecule has 0 aliphatic heterocycles. The summed E-state index contributed by atoms with van der Waals surface area (Å²) in [5.41, 5.74) is 1.69. The zero-order valence-electron chi connectivity index (χ0n) is 15.2. The molecule has 6 heteroatoms. The number of nitrogens with zero attached hydrogens (tertiary/aromatic N) is 1. The molecule has 1 aromatic heterocycles. The highest BCUT2D eigenvalue weighted by Crippen LogP contribution is 2.54. The van der Waals surface area contributed by atoms with Crippen molar-refractivity contribution < 1.29 is 9.21 Å². The molecule has 1 fully saturated rings. The number of nitriles is 1. The van der Waals surface area contributed by atoms with E-state index in [0.717, 1.165) is 12.2 Å². The first-order valence-electron chi connectivity index (χ1n) is 9.08. The van der Waals surface area contributed by atoms with Crippen molar-refractivity contribution in [2.24, 2.45) is 0 Å². The van der Waals surface area contributed by atoms with Gasteiger partial charge in [-0.15, -0.1) is 0 Å². The summed E-state index contributed by atoms with van der Waals surface area (Å²) in [7, 11) is 0. The highest BCUT2D eigenvalue weighted by molar-refractivity contribution is 6.42. The number of nitrogens with one attached hydrogen (secondary N) is 1. The van der Waals surface area contributed by atoms with Crippen molar-refractivity contribution >= 4 is 40.9 Å². The molecule has 0 radical (unpaired) electrons. The molecular formula is C23H16Cl2N2O2. The molecule has 1 aliphatic carbocycles. The number of furan rings is 1. The molecule has 144 valence electrons. The number of halogens is 2. The molecule has 0 saturated heterocycles. The number of carbonyl (C=O) groups excluding carboxylic acids is 1. The Morgan fingerprint density at radius 1 is 1.07 bits per heavy atom. The third kappa shape index (κ3) is 4.37. The molecule has 1 saturated carbocycles. The van der Waals surface area contributed by atoms with Crippen LogP contribution in [-0.2, 0) is 4.79 Å². The fourth-order valence-electron chi connectivity index (χ4n) is 3.29. The van der Waals surface area contributed by atoms with Crippen LogP contribution in [0.1, 0.15) is 35.3 Å². The number of carbonyl (C=O) groups is 1. The van der Waals surface area contributed by atoms with Crippen LogP contribution in [0.15, 0.2) is 70.7 Å². The van der Waals surface area contributed by atoms with E-state index in [1.54, 1.807) is 18.2 Å².